The van der Waals surface area contributed by atoms with E-state index < -0.39 is 9.52 Å². The van der Waals surface area contributed by atoms with E-state index in [2.05, 4.69) is 20.1 Å². The average molecular weight is 185 g/mol. The molecule has 0 unspecified atom stereocenters. The molecule has 0 aliphatic heterocycles. The average Bonchev–Trinajstić information content (AvgIpc) is 1.84. The van der Waals surface area contributed by atoms with Gasteiger partial charge in [0.15, 0.2) is 0 Å². The third-order valence-electron chi connectivity index (χ3n) is 1.11. The zero-order chi connectivity index (χ0) is 9.56. The van der Waals surface area contributed by atoms with Crippen LogP contribution in [0, 0.1) is 6.92 Å². The molecule has 1 radical (unpaired) electrons. The maximum absolute atomic E-state index is 5.35. The molecule has 0 aromatic heterocycles. The first-order valence-corrected chi connectivity index (χ1v) is 5.81. The van der Waals surface area contributed by atoms with E-state index >= 15 is 0 Å². The van der Waals surface area contributed by atoms with Crippen LogP contribution in [0.4, 0.5) is 0 Å². The second kappa shape index (κ2) is 5.89. The summed E-state index contributed by atoms with van der Waals surface area (Å²) in [6.07, 6.45) is 0. The van der Waals surface area contributed by atoms with E-state index in [-0.39, 0.29) is 5.91 Å². The maximum atomic E-state index is 5.35. The largest absolute Gasteiger partial charge is 0.465 e. The van der Waals surface area contributed by atoms with Crippen molar-refractivity contribution < 1.29 is 9.47 Å². The van der Waals surface area contributed by atoms with E-state index in [1.165, 1.54) is 0 Å². The minimum Gasteiger partial charge on any atom is -0.465 e. The van der Waals surface area contributed by atoms with Crippen molar-refractivity contribution in [2.45, 2.75) is 25.8 Å². The van der Waals surface area contributed by atoms with E-state index in [0.29, 0.717) is 11.5 Å². The van der Waals surface area contributed by atoms with Gasteiger partial charge in [-0.1, -0.05) is 26.1 Å². The number of rotatable bonds is 6. The van der Waals surface area contributed by atoms with Crippen molar-refractivity contribution in [2.75, 3.05) is 0 Å². The molecule has 3 heteroatoms. The van der Waals surface area contributed by atoms with Crippen LogP contribution in [0.2, 0.25) is 6.04 Å². The zero-order valence-electron chi connectivity index (χ0n) is 7.93. The first-order chi connectivity index (χ1) is 5.56. The number of hydrogen-bond acceptors (Lipinski definition) is 2. The zero-order valence-corrected chi connectivity index (χ0v) is 9.34. The van der Waals surface area contributed by atoms with Crippen molar-refractivity contribution in [3.05, 3.63) is 31.6 Å². The number of allylic oxidation sites excluding steroid dienone is 2. The van der Waals surface area contributed by atoms with Crippen LogP contribution < -0.4 is 0 Å². The fraction of sp³-hybridized carbons (Fsp3) is 0.444. The summed E-state index contributed by atoms with van der Waals surface area (Å²) in [7, 11) is -0.427. The summed E-state index contributed by atoms with van der Waals surface area (Å²) >= 11 is 0. The van der Waals surface area contributed by atoms with Crippen molar-refractivity contribution in [2.24, 2.45) is 0 Å². The Bertz CT molecular complexity index is 150. The van der Waals surface area contributed by atoms with E-state index in [0.717, 1.165) is 6.04 Å². The van der Waals surface area contributed by atoms with Gasteiger partial charge in [0.25, 0.3) is 0 Å². The Morgan fingerprint density at radius 3 is 1.92 bits per heavy atom. The van der Waals surface area contributed by atoms with Crippen LogP contribution >= 0.6 is 0 Å². The normalized spacial score (nSPS) is 10.7. The molecule has 69 valence electrons. The lowest BCUT2D eigenvalue weighted by Gasteiger charge is -2.19. The Balaban J connectivity index is 3.85. The molecule has 12 heavy (non-hydrogen) atoms. The third kappa shape index (κ3) is 6.04. The molecule has 0 rings (SSSR count). The van der Waals surface area contributed by atoms with Crippen molar-refractivity contribution in [3.8, 4) is 0 Å². The summed E-state index contributed by atoms with van der Waals surface area (Å²) in [6, 6.07) is 0.908. The van der Waals surface area contributed by atoms with Crippen LogP contribution in [0.25, 0.3) is 0 Å². The van der Waals surface area contributed by atoms with E-state index in [1.807, 2.05) is 13.8 Å². The van der Waals surface area contributed by atoms with Gasteiger partial charge >= 0.3 is 0 Å². The van der Waals surface area contributed by atoms with Crippen LogP contribution in [0.15, 0.2) is 24.7 Å². The molecule has 0 amide bonds. The Kier molecular flexibility index (Phi) is 5.54. The molecule has 0 spiro atoms. The summed E-state index contributed by atoms with van der Waals surface area (Å²) in [6.45, 7) is 14.7. The smallest absolute Gasteiger partial charge is 0.211 e. The number of hydrogen-bond donors (Lipinski definition) is 0. The van der Waals surface area contributed by atoms with Gasteiger partial charge in [-0.25, -0.2) is 0 Å². The molecule has 0 atom stereocenters. The SMILES string of the molecule is [CH2]C[SiH2]C(OC(=C)C)OC(=C)C. The Labute approximate surface area is 77.1 Å². The van der Waals surface area contributed by atoms with E-state index in [9.17, 15) is 0 Å². The Morgan fingerprint density at radius 1 is 1.25 bits per heavy atom. The molecule has 0 aliphatic rings. The Hall–Kier alpha value is -0.703. The first kappa shape index (κ1) is 11.3. The minimum absolute atomic E-state index is 0.141. The second-order valence-corrected chi connectivity index (χ2v) is 4.66. The predicted octanol–water partition coefficient (Wildman–Crippen LogP) is 1.79. The molecule has 0 aromatic rings. The van der Waals surface area contributed by atoms with Gasteiger partial charge in [0.05, 0.1) is 11.5 Å². The van der Waals surface area contributed by atoms with Crippen molar-refractivity contribution in [3.63, 3.8) is 0 Å². The third-order valence-corrected chi connectivity index (χ3v) is 2.32. The number of ether oxygens (including phenoxy) is 2. The lowest BCUT2D eigenvalue weighted by Crippen LogP contribution is -2.22. The van der Waals surface area contributed by atoms with Crippen molar-refractivity contribution >= 4 is 9.52 Å². The lowest BCUT2D eigenvalue weighted by atomic mass is 10.6. The van der Waals surface area contributed by atoms with Gasteiger partial charge in [0.1, 0.15) is 9.52 Å². The molecule has 0 bridgehead atoms. The van der Waals surface area contributed by atoms with E-state index in [1.54, 1.807) is 0 Å². The molecule has 2 nitrogen and oxygen atoms in total. The van der Waals surface area contributed by atoms with Gasteiger partial charge in [-0.05, 0) is 13.8 Å². The molecule has 0 aliphatic carbocycles. The minimum atomic E-state index is -0.427. The quantitative estimate of drug-likeness (QED) is 0.357. The predicted molar refractivity (Wildman–Crippen MR) is 54.3 cm³/mol. The van der Waals surface area contributed by atoms with Gasteiger partial charge < -0.3 is 9.47 Å². The van der Waals surface area contributed by atoms with Gasteiger partial charge in [0, 0.05) is 0 Å². The van der Waals surface area contributed by atoms with Gasteiger partial charge in [0.2, 0.25) is 5.91 Å². The summed E-state index contributed by atoms with van der Waals surface area (Å²) in [5, 5.41) is 0. The topological polar surface area (TPSA) is 18.5 Å². The van der Waals surface area contributed by atoms with E-state index in [4.69, 9.17) is 9.47 Å². The molecule has 0 aromatic carbocycles. The highest BCUT2D eigenvalue weighted by atomic mass is 28.2. The Morgan fingerprint density at radius 2 is 1.67 bits per heavy atom. The fourth-order valence-electron chi connectivity index (χ4n) is 0.757. The van der Waals surface area contributed by atoms with Crippen molar-refractivity contribution in [1.29, 1.82) is 0 Å². The molecule has 0 fully saturated rings. The molecule has 0 saturated heterocycles. The van der Waals surface area contributed by atoms with Gasteiger partial charge in [-0.15, -0.1) is 0 Å². The lowest BCUT2D eigenvalue weighted by molar-refractivity contribution is -0.0250. The van der Waals surface area contributed by atoms with Crippen LogP contribution in [-0.2, 0) is 9.47 Å². The molecular weight excluding hydrogens is 168 g/mol. The van der Waals surface area contributed by atoms with Crippen LogP contribution in [0.1, 0.15) is 13.8 Å². The van der Waals surface area contributed by atoms with Crippen LogP contribution in [0.3, 0.4) is 0 Å². The summed E-state index contributed by atoms with van der Waals surface area (Å²) in [5.41, 5.74) is 0. The molecular formula is C9H17O2Si. The van der Waals surface area contributed by atoms with Crippen LogP contribution in [0.5, 0.6) is 0 Å². The van der Waals surface area contributed by atoms with Gasteiger partial charge in [-0.3, -0.25) is 0 Å². The molecule has 0 saturated carbocycles. The summed E-state index contributed by atoms with van der Waals surface area (Å²) < 4.78 is 10.7. The highest BCUT2D eigenvalue weighted by Gasteiger charge is 2.09. The first-order valence-electron chi connectivity index (χ1n) is 4.00. The fourth-order valence-corrected chi connectivity index (χ4v) is 1.90. The molecule has 0 heterocycles. The summed E-state index contributed by atoms with van der Waals surface area (Å²) in [5.74, 6) is 1.22. The standard InChI is InChI=1S/C9H17O2Si/c1-6-12-9(10-7(2)3)11-8(4)5/h9H,1-2,4,6,12H2,3,5H3. The molecule has 0 N–H and O–H groups in total. The van der Waals surface area contributed by atoms with Gasteiger partial charge in [-0.2, -0.15) is 0 Å². The summed E-state index contributed by atoms with van der Waals surface area (Å²) in [4.78, 5) is 0. The second-order valence-electron chi connectivity index (χ2n) is 2.71. The monoisotopic (exact) mass is 185 g/mol. The van der Waals surface area contributed by atoms with Crippen LogP contribution in [-0.4, -0.2) is 15.4 Å². The van der Waals surface area contributed by atoms with Crippen molar-refractivity contribution in [1.82, 2.24) is 0 Å². The highest BCUT2D eigenvalue weighted by Crippen LogP contribution is 2.05. The maximum Gasteiger partial charge on any atom is 0.211 e. The highest BCUT2D eigenvalue weighted by molar-refractivity contribution is 6.36.